The fourth-order valence-electron chi connectivity index (χ4n) is 4.10. The third-order valence-corrected chi connectivity index (χ3v) is 7.62. The van der Waals surface area contributed by atoms with E-state index < -0.39 is 15.9 Å². The van der Waals surface area contributed by atoms with Gasteiger partial charge in [-0.1, -0.05) is 30.3 Å². The summed E-state index contributed by atoms with van der Waals surface area (Å²) in [4.78, 5) is 27.3. The Morgan fingerprint density at radius 3 is 2.56 bits per heavy atom. The molecule has 32 heavy (non-hydrogen) atoms. The summed E-state index contributed by atoms with van der Waals surface area (Å²) in [5.41, 5.74) is 1.55. The zero-order chi connectivity index (χ0) is 23.0. The van der Waals surface area contributed by atoms with E-state index in [4.69, 9.17) is 9.15 Å². The number of hydrogen-bond donors (Lipinski definition) is 0. The van der Waals surface area contributed by atoms with Gasteiger partial charge in [0.1, 0.15) is 17.1 Å². The minimum absolute atomic E-state index is 0.0217. The highest BCUT2D eigenvalue weighted by Gasteiger charge is 2.34. The maximum absolute atomic E-state index is 13.1. The Kier molecular flexibility index (Phi) is 5.81. The lowest BCUT2D eigenvalue weighted by Gasteiger charge is -2.26. The number of carbonyl (C=O) groups is 1. The van der Waals surface area contributed by atoms with Crippen LogP contribution in [0.15, 0.2) is 57.7 Å². The van der Waals surface area contributed by atoms with Gasteiger partial charge in [0.05, 0.1) is 22.5 Å². The van der Waals surface area contributed by atoms with Crippen molar-refractivity contribution in [3.8, 4) is 16.9 Å². The van der Waals surface area contributed by atoms with Gasteiger partial charge < -0.3 is 14.1 Å². The van der Waals surface area contributed by atoms with Crippen molar-refractivity contribution in [2.24, 2.45) is 0 Å². The molecule has 1 amide bonds. The molecule has 2 aromatic carbocycles. The summed E-state index contributed by atoms with van der Waals surface area (Å²) in [5, 5.41) is 0.425. The van der Waals surface area contributed by atoms with Crippen molar-refractivity contribution in [2.75, 3.05) is 18.6 Å². The van der Waals surface area contributed by atoms with Crippen LogP contribution in [0.2, 0.25) is 0 Å². The van der Waals surface area contributed by atoms with Crippen LogP contribution in [0.1, 0.15) is 19.1 Å². The molecular weight excluding hydrogens is 430 g/mol. The molecule has 2 atom stereocenters. The van der Waals surface area contributed by atoms with Crippen molar-refractivity contribution in [1.29, 1.82) is 0 Å². The lowest BCUT2D eigenvalue weighted by Crippen LogP contribution is -2.44. The van der Waals surface area contributed by atoms with Crippen LogP contribution in [-0.4, -0.2) is 49.9 Å². The molecule has 0 spiro atoms. The van der Waals surface area contributed by atoms with Crippen molar-refractivity contribution in [3.05, 3.63) is 64.5 Å². The van der Waals surface area contributed by atoms with Crippen LogP contribution in [-0.2, 0) is 14.6 Å². The smallest absolute Gasteiger partial charge is 0.263 e. The average molecular weight is 456 g/mol. The summed E-state index contributed by atoms with van der Waals surface area (Å²) in [6.07, 6.45) is -0.390. The third kappa shape index (κ3) is 4.27. The zero-order valence-electron chi connectivity index (χ0n) is 18.2. The molecule has 0 N–H and O–H groups in total. The number of amides is 1. The van der Waals surface area contributed by atoms with Gasteiger partial charge in [-0.05, 0) is 38.0 Å². The predicted molar refractivity (Wildman–Crippen MR) is 123 cm³/mol. The van der Waals surface area contributed by atoms with Crippen LogP contribution in [0.3, 0.4) is 0 Å². The standard InChI is InChI=1S/C24H25NO6S/c1-15-22(17-7-5-4-6-8-17)23(26)20-10-9-19(13-21(20)31-15)30-16(2)24(27)25(3)18-11-12-32(28,29)14-18/h4-10,13,16,18H,11-12,14H2,1-3H3/t16-,18-/m0/s1. The molecule has 0 saturated carbocycles. The fourth-order valence-corrected chi connectivity index (χ4v) is 5.87. The largest absolute Gasteiger partial charge is 0.481 e. The number of benzene rings is 2. The molecule has 8 heteroatoms. The Labute approximate surface area is 186 Å². The number of ether oxygens (including phenoxy) is 1. The van der Waals surface area contributed by atoms with Gasteiger partial charge in [0.15, 0.2) is 15.9 Å². The lowest BCUT2D eigenvalue weighted by atomic mass is 10.0. The van der Waals surface area contributed by atoms with Gasteiger partial charge >= 0.3 is 0 Å². The summed E-state index contributed by atoms with van der Waals surface area (Å²) in [6.45, 7) is 3.36. The van der Waals surface area contributed by atoms with E-state index in [-0.39, 0.29) is 28.9 Å². The van der Waals surface area contributed by atoms with Gasteiger partial charge in [-0.25, -0.2) is 8.42 Å². The second kappa shape index (κ2) is 8.43. The van der Waals surface area contributed by atoms with E-state index in [1.54, 1.807) is 39.1 Å². The lowest BCUT2D eigenvalue weighted by molar-refractivity contribution is -0.138. The molecule has 1 fully saturated rings. The van der Waals surface area contributed by atoms with Gasteiger partial charge in [-0.2, -0.15) is 0 Å². The Morgan fingerprint density at radius 2 is 1.91 bits per heavy atom. The second-order valence-electron chi connectivity index (χ2n) is 8.15. The Hall–Kier alpha value is -3.13. The summed E-state index contributed by atoms with van der Waals surface area (Å²) in [5.74, 6) is 0.659. The normalized spacial score (nSPS) is 18.4. The van der Waals surface area contributed by atoms with Crippen LogP contribution < -0.4 is 10.2 Å². The fraction of sp³-hybridized carbons (Fsp3) is 0.333. The number of fused-ring (bicyclic) bond motifs is 1. The molecule has 1 aliphatic heterocycles. The first-order chi connectivity index (χ1) is 15.2. The number of rotatable bonds is 5. The average Bonchev–Trinajstić information content (AvgIpc) is 3.13. The second-order valence-corrected chi connectivity index (χ2v) is 10.4. The Bertz CT molecular complexity index is 1330. The van der Waals surface area contributed by atoms with Gasteiger partial charge in [-0.3, -0.25) is 9.59 Å². The van der Waals surface area contributed by atoms with Crippen LogP contribution >= 0.6 is 0 Å². The first-order valence-electron chi connectivity index (χ1n) is 10.4. The molecule has 0 radical (unpaired) electrons. The summed E-state index contributed by atoms with van der Waals surface area (Å²) in [7, 11) is -1.49. The third-order valence-electron chi connectivity index (χ3n) is 5.87. The molecule has 3 aromatic rings. The van der Waals surface area contributed by atoms with E-state index in [1.165, 1.54) is 4.90 Å². The molecule has 2 heterocycles. The minimum Gasteiger partial charge on any atom is -0.481 e. The van der Waals surface area contributed by atoms with Crippen molar-refractivity contribution in [3.63, 3.8) is 0 Å². The molecule has 7 nitrogen and oxygen atoms in total. The molecule has 1 saturated heterocycles. The van der Waals surface area contributed by atoms with E-state index in [0.717, 1.165) is 5.56 Å². The highest BCUT2D eigenvalue weighted by atomic mass is 32.2. The van der Waals surface area contributed by atoms with Crippen molar-refractivity contribution in [1.82, 2.24) is 4.90 Å². The molecule has 0 unspecified atom stereocenters. The van der Waals surface area contributed by atoms with Gasteiger partial charge in [0.2, 0.25) is 5.43 Å². The maximum Gasteiger partial charge on any atom is 0.263 e. The van der Waals surface area contributed by atoms with Crippen LogP contribution in [0.5, 0.6) is 5.75 Å². The first kappa shape index (κ1) is 22.1. The highest BCUT2D eigenvalue weighted by molar-refractivity contribution is 7.91. The molecule has 0 bridgehead atoms. The zero-order valence-corrected chi connectivity index (χ0v) is 19.0. The number of sulfone groups is 1. The van der Waals surface area contributed by atoms with Gasteiger partial charge in [0.25, 0.3) is 5.91 Å². The van der Waals surface area contributed by atoms with Crippen molar-refractivity contribution >= 4 is 26.7 Å². The number of nitrogens with zero attached hydrogens (tertiary/aromatic N) is 1. The van der Waals surface area contributed by atoms with Crippen LogP contribution in [0.4, 0.5) is 0 Å². The Balaban J connectivity index is 1.56. The van der Waals surface area contributed by atoms with E-state index in [2.05, 4.69) is 0 Å². The Morgan fingerprint density at radius 1 is 1.19 bits per heavy atom. The molecule has 1 aromatic heterocycles. The van der Waals surface area contributed by atoms with E-state index in [0.29, 0.717) is 34.5 Å². The first-order valence-corrected chi connectivity index (χ1v) is 12.2. The van der Waals surface area contributed by atoms with Crippen molar-refractivity contribution in [2.45, 2.75) is 32.4 Å². The summed E-state index contributed by atoms with van der Waals surface area (Å²) in [6, 6.07) is 13.9. The predicted octanol–water partition coefficient (Wildman–Crippen LogP) is 3.18. The number of hydrogen-bond acceptors (Lipinski definition) is 6. The molecular formula is C24H25NO6S. The quantitative estimate of drug-likeness (QED) is 0.587. The molecule has 4 rings (SSSR count). The van der Waals surface area contributed by atoms with Crippen LogP contribution in [0, 0.1) is 6.92 Å². The van der Waals surface area contributed by atoms with E-state index >= 15 is 0 Å². The monoisotopic (exact) mass is 455 g/mol. The summed E-state index contributed by atoms with van der Waals surface area (Å²) >= 11 is 0. The van der Waals surface area contributed by atoms with Gasteiger partial charge in [-0.15, -0.1) is 0 Å². The van der Waals surface area contributed by atoms with E-state index in [9.17, 15) is 18.0 Å². The molecule has 168 valence electrons. The molecule has 0 aliphatic carbocycles. The number of likely N-dealkylation sites (N-methyl/N-ethyl adjacent to an activating group) is 1. The van der Waals surface area contributed by atoms with E-state index in [1.807, 2.05) is 30.3 Å². The number of aryl methyl sites for hydroxylation is 1. The summed E-state index contributed by atoms with van der Waals surface area (Å²) < 4.78 is 35.2. The van der Waals surface area contributed by atoms with Crippen LogP contribution in [0.25, 0.3) is 22.1 Å². The minimum atomic E-state index is -3.09. The topological polar surface area (TPSA) is 93.9 Å². The SMILES string of the molecule is Cc1oc2cc(O[C@@H](C)C(=O)N(C)[C@H]3CCS(=O)(=O)C3)ccc2c(=O)c1-c1ccccc1. The van der Waals surface area contributed by atoms with Crippen molar-refractivity contribution < 1.29 is 22.4 Å². The molecule has 1 aliphatic rings. The number of carbonyl (C=O) groups excluding carboxylic acids is 1. The van der Waals surface area contributed by atoms with Gasteiger partial charge in [0, 0.05) is 19.2 Å². The maximum atomic E-state index is 13.1. The highest BCUT2D eigenvalue weighted by Crippen LogP contribution is 2.27.